The van der Waals surface area contributed by atoms with E-state index in [0.29, 0.717) is 5.57 Å². The number of rotatable bonds is 5. The fourth-order valence-corrected chi connectivity index (χ4v) is 2.52. The first kappa shape index (κ1) is 17.4. The first-order valence-corrected chi connectivity index (χ1v) is 8.14. The van der Waals surface area contributed by atoms with Gasteiger partial charge in [-0.3, -0.25) is 4.79 Å². The first-order valence-electron chi connectivity index (χ1n) is 8.14. The predicted octanol–water partition coefficient (Wildman–Crippen LogP) is 5.01. The molecule has 1 amide bonds. The second-order valence-electron chi connectivity index (χ2n) is 5.63. The van der Waals surface area contributed by atoms with Crippen molar-refractivity contribution < 1.29 is 13.9 Å². The highest BCUT2D eigenvalue weighted by Crippen LogP contribution is 2.23. The van der Waals surface area contributed by atoms with Crippen LogP contribution in [0.25, 0.3) is 11.6 Å². The van der Waals surface area contributed by atoms with E-state index in [1.807, 2.05) is 54.6 Å². The Bertz CT molecular complexity index is 918. The van der Waals surface area contributed by atoms with Gasteiger partial charge in [0.25, 0.3) is 5.91 Å². The molecular formula is C22H18FNO2. The third-order valence-corrected chi connectivity index (χ3v) is 3.88. The van der Waals surface area contributed by atoms with Crippen LogP contribution in [0.1, 0.15) is 11.1 Å². The van der Waals surface area contributed by atoms with E-state index in [4.69, 9.17) is 4.74 Å². The fraction of sp³-hybridized carbons (Fsp3) is 0.0455. The maximum Gasteiger partial charge on any atom is 0.256 e. The molecule has 0 saturated heterocycles. The Labute approximate surface area is 151 Å². The van der Waals surface area contributed by atoms with Gasteiger partial charge in [-0.2, -0.15) is 0 Å². The summed E-state index contributed by atoms with van der Waals surface area (Å²) in [6, 6.07) is 22.7. The fourth-order valence-electron chi connectivity index (χ4n) is 2.52. The van der Waals surface area contributed by atoms with Crippen molar-refractivity contribution in [1.29, 1.82) is 0 Å². The zero-order chi connectivity index (χ0) is 18.4. The van der Waals surface area contributed by atoms with Gasteiger partial charge in [0.15, 0.2) is 0 Å². The number of halogens is 1. The molecule has 3 aromatic carbocycles. The monoisotopic (exact) mass is 347 g/mol. The normalized spacial score (nSPS) is 11.1. The number of benzene rings is 3. The predicted molar refractivity (Wildman–Crippen MR) is 102 cm³/mol. The SMILES string of the molecule is COc1ccc(/C=C(/C(=O)Nc2ccccc2F)c2ccccc2)cc1. The van der Waals surface area contributed by atoms with Crippen LogP contribution in [-0.4, -0.2) is 13.0 Å². The minimum atomic E-state index is -0.474. The van der Waals surface area contributed by atoms with Crippen LogP contribution < -0.4 is 10.1 Å². The number of hydrogen-bond acceptors (Lipinski definition) is 2. The lowest BCUT2D eigenvalue weighted by Gasteiger charge is -2.10. The van der Waals surface area contributed by atoms with Crippen LogP contribution in [0.3, 0.4) is 0 Å². The molecule has 3 aromatic rings. The van der Waals surface area contributed by atoms with Crippen molar-refractivity contribution >= 4 is 23.2 Å². The average Bonchev–Trinajstić information content (AvgIpc) is 2.69. The van der Waals surface area contributed by atoms with Crippen molar-refractivity contribution in [3.8, 4) is 5.75 Å². The first-order chi connectivity index (χ1) is 12.7. The van der Waals surface area contributed by atoms with Crippen molar-refractivity contribution in [2.24, 2.45) is 0 Å². The van der Waals surface area contributed by atoms with Gasteiger partial charge in [0.2, 0.25) is 0 Å². The summed E-state index contributed by atoms with van der Waals surface area (Å²) in [6.07, 6.45) is 1.77. The Morgan fingerprint density at radius 3 is 2.23 bits per heavy atom. The van der Waals surface area contributed by atoms with Gasteiger partial charge in [-0.05, 0) is 41.5 Å². The standard InChI is InChI=1S/C22H18FNO2/c1-26-18-13-11-16(12-14-18)15-19(17-7-3-2-4-8-17)22(25)24-21-10-6-5-9-20(21)23/h2-15H,1H3,(H,24,25)/b19-15+. The van der Waals surface area contributed by atoms with Crippen LogP contribution in [0.4, 0.5) is 10.1 Å². The summed E-state index contributed by atoms with van der Waals surface area (Å²) < 4.78 is 19.0. The van der Waals surface area contributed by atoms with E-state index >= 15 is 0 Å². The number of para-hydroxylation sites is 1. The Morgan fingerprint density at radius 2 is 1.58 bits per heavy atom. The molecule has 0 heterocycles. The largest absolute Gasteiger partial charge is 0.497 e. The number of hydrogen-bond donors (Lipinski definition) is 1. The molecule has 0 radical (unpaired) electrons. The molecular weight excluding hydrogens is 329 g/mol. The maximum atomic E-state index is 13.9. The topological polar surface area (TPSA) is 38.3 Å². The molecule has 3 rings (SSSR count). The lowest BCUT2D eigenvalue weighted by molar-refractivity contribution is -0.111. The summed E-state index contributed by atoms with van der Waals surface area (Å²) in [4.78, 5) is 12.8. The molecule has 130 valence electrons. The van der Waals surface area contributed by atoms with Crippen molar-refractivity contribution in [2.75, 3.05) is 12.4 Å². The molecule has 3 nitrogen and oxygen atoms in total. The number of anilines is 1. The Hall–Kier alpha value is -3.40. The van der Waals surface area contributed by atoms with Crippen molar-refractivity contribution in [3.05, 3.63) is 95.8 Å². The van der Waals surface area contributed by atoms with Gasteiger partial charge in [0, 0.05) is 5.57 Å². The quantitative estimate of drug-likeness (QED) is 0.520. The summed E-state index contributed by atoms with van der Waals surface area (Å²) in [5.41, 5.74) is 2.18. The Morgan fingerprint density at radius 1 is 0.923 bits per heavy atom. The Kier molecular flexibility index (Phi) is 5.44. The van der Waals surface area contributed by atoms with Crippen LogP contribution >= 0.6 is 0 Å². The van der Waals surface area contributed by atoms with E-state index in [0.717, 1.165) is 16.9 Å². The summed E-state index contributed by atoms with van der Waals surface area (Å²) in [6.45, 7) is 0. The van der Waals surface area contributed by atoms with E-state index in [9.17, 15) is 9.18 Å². The molecule has 4 heteroatoms. The molecule has 0 aromatic heterocycles. The van der Waals surface area contributed by atoms with Gasteiger partial charge < -0.3 is 10.1 Å². The van der Waals surface area contributed by atoms with Crippen LogP contribution in [0.2, 0.25) is 0 Å². The van der Waals surface area contributed by atoms with Gasteiger partial charge in [-0.25, -0.2) is 4.39 Å². The van der Waals surface area contributed by atoms with E-state index in [-0.39, 0.29) is 11.6 Å². The van der Waals surface area contributed by atoms with E-state index in [2.05, 4.69) is 5.32 Å². The number of methoxy groups -OCH3 is 1. The third kappa shape index (κ3) is 4.16. The zero-order valence-electron chi connectivity index (χ0n) is 14.3. The van der Waals surface area contributed by atoms with E-state index in [1.165, 1.54) is 12.1 Å². The highest BCUT2D eigenvalue weighted by molar-refractivity contribution is 6.29. The summed E-state index contributed by atoms with van der Waals surface area (Å²) in [7, 11) is 1.60. The Balaban J connectivity index is 1.96. The smallest absolute Gasteiger partial charge is 0.256 e. The van der Waals surface area contributed by atoms with Crippen molar-refractivity contribution in [2.45, 2.75) is 0 Å². The molecule has 1 N–H and O–H groups in total. The highest BCUT2D eigenvalue weighted by Gasteiger charge is 2.14. The van der Waals surface area contributed by atoms with Gasteiger partial charge in [0.05, 0.1) is 12.8 Å². The number of carbonyl (C=O) groups excluding carboxylic acids is 1. The highest BCUT2D eigenvalue weighted by atomic mass is 19.1. The third-order valence-electron chi connectivity index (χ3n) is 3.88. The summed E-state index contributed by atoms with van der Waals surface area (Å²) in [5.74, 6) is -0.117. The molecule has 0 fully saturated rings. The molecule has 0 aliphatic rings. The summed E-state index contributed by atoms with van der Waals surface area (Å²) in [5, 5.41) is 2.64. The molecule has 0 unspecified atom stereocenters. The second-order valence-corrected chi connectivity index (χ2v) is 5.63. The zero-order valence-corrected chi connectivity index (χ0v) is 14.3. The minimum absolute atomic E-state index is 0.147. The second kappa shape index (κ2) is 8.12. The van der Waals surface area contributed by atoms with Crippen LogP contribution in [0.15, 0.2) is 78.9 Å². The lowest BCUT2D eigenvalue weighted by Crippen LogP contribution is -2.14. The number of amides is 1. The lowest BCUT2D eigenvalue weighted by atomic mass is 10.0. The van der Waals surface area contributed by atoms with E-state index in [1.54, 1.807) is 25.3 Å². The van der Waals surface area contributed by atoms with Crippen molar-refractivity contribution in [3.63, 3.8) is 0 Å². The summed E-state index contributed by atoms with van der Waals surface area (Å²) >= 11 is 0. The molecule has 26 heavy (non-hydrogen) atoms. The number of ether oxygens (including phenoxy) is 1. The molecule has 0 aliphatic heterocycles. The minimum Gasteiger partial charge on any atom is -0.497 e. The van der Waals surface area contributed by atoms with Gasteiger partial charge >= 0.3 is 0 Å². The molecule has 0 bridgehead atoms. The molecule has 0 aliphatic carbocycles. The maximum absolute atomic E-state index is 13.9. The average molecular weight is 347 g/mol. The van der Waals surface area contributed by atoms with Crippen LogP contribution in [-0.2, 0) is 4.79 Å². The van der Waals surface area contributed by atoms with Crippen LogP contribution in [0.5, 0.6) is 5.75 Å². The van der Waals surface area contributed by atoms with Gasteiger partial charge in [0.1, 0.15) is 11.6 Å². The molecule has 0 spiro atoms. The molecule has 0 saturated carbocycles. The number of nitrogens with one attached hydrogen (secondary N) is 1. The molecule has 0 atom stereocenters. The van der Waals surface area contributed by atoms with E-state index < -0.39 is 5.82 Å². The van der Waals surface area contributed by atoms with Gasteiger partial charge in [-0.15, -0.1) is 0 Å². The van der Waals surface area contributed by atoms with Gasteiger partial charge in [-0.1, -0.05) is 54.6 Å². The van der Waals surface area contributed by atoms with Crippen LogP contribution in [0, 0.1) is 5.82 Å². The number of carbonyl (C=O) groups is 1. The van der Waals surface area contributed by atoms with Crippen molar-refractivity contribution in [1.82, 2.24) is 0 Å².